The van der Waals surface area contributed by atoms with Gasteiger partial charge >= 0.3 is 0 Å². The Bertz CT molecular complexity index is 721. The third-order valence-corrected chi connectivity index (χ3v) is 5.08. The summed E-state index contributed by atoms with van der Waals surface area (Å²) in [6.07, 6.45) is 6.09. The summed E-state index contributed by atoms with van der Waals surface area (Å²) in [4.78, 5) is 16.7. The molecule has 6 nitrogen and oxygen atoms in total. The first-order valence-electron chi connectivity index (χ1n) is 9.14. The molecule has 0 spiro atoms. The summed E-state index contributed by atoms with van der Waals surface area (Å²) in [6, 6.07) is 6.31. The van der Waals surface area contributed by atoms with Gasteiger partial charge in [0.15, 0.2) is 5.82 Å². The SMILES string of the molecule is COCCC1CNCCN1c1nc(-c2ccccn2)nc2c1CCC2. The van der Waals surface area contributed by atoms with Gasteiger partial charge in [-0.3, -0.25) is 4.98 Å². The Kier molecular flexibility index (Phi) is 4.90. The number of methoxy groups -OCH3 is 1. The Labute approximate surface area is 148 Å². The van der Waals surface area contributed by atoms with Crippen molar-refractivity contribution in [3.8, 4) is 11.5 Å². The highest BCUT2D eigenvalue weighted by molar-refractivity contribution is 5.59. The monoisotopic (exact) mass is 339 g/mol. The number of hydrogen-bond acceptors (Lipinski definition) is 6. The first-order chi connectivity index (χ1) is 12.4. The number of aryl methyl sites for hydroxylation is 1. The minimum absolute atomic E-state index is 0.407. The third-order valence-electron chi connectivity index (χ3n) is 5.08. The van der Waals surface area contributed by atoms with Crippen LogP contribution in [0.25, 0.3) is 11.5 Å². The van der Waals surface area contributed by atoms with Crippen LogP contribution in [-0.4, -0.2) is 54.3 Å². The lowest BCUT2D eigenvalue weighted by Gasteiger charge is -2.38. The highest BCUT2D eigenvalue weighted by Crippen LogP contribution is 2.32. The number of nitrogens with one attached hydrogen (secondary N) is 1. The second kappa shape index (κ2) is 7.45. The van der Waals surface area contributed by atoms with Gasteiger partial charge in [0.25, 0.3) is 0 Å². The Hall–Kier alpha value is -2.05. The van der Waals surface area contributed by atoms with Gasteiger partial charge in [0.1, 0.15) is 11.5 Å². The molecular formula is C19H25N5O. The summed E-state index contributed by atoms with van der Waals surface area (Å²) in [5, 5.41) is 3.50. The van der Waals surface area contributed by atoms with Gasteiger partial charge in [0.2, 0.25) is 0 Å². The van der Waals surface area contributed by atoms with Crippen LogP contribution < -0.4 is 10.2 Å². The number of fused-ring (bicyclic) bond motifs is 1. The maximum Gasteiger partial charge on any atom is 0.180 e. The highest BCUT2D eigenvalue weighted by Gasteiger charge is 2.29. The van der Waals surface area contributed by atoms with Crippen molar-refractivity contribution in [2.24, 2.45) is 0 Å². The van der Waals surface area contributed by atoms with Crippen LogP contribution in [0.15, 0.2) is 24.4 Å². The van der Waals surface area contributed by atoms with E-state index in [2.05, 4.69) is 15.2 Å². The quantitative estimate of drug-likeness (QED) is 0.897. The summed E-state index contributed by atoms with van der Waals surface area (Å²) < 4.78 is 5.32. The number of rotatable bonds is 5. The fourth-order valence-corrected chi connectivity index (χ4v) is 3.81. The molecule has 25 heavy (non-hydrogen) atoms. The number of aromatic nitrogens is 3. The topological polar surface area (TPSA) is 63.2 Å². The van der Waals surface area contributed by atoms with Crippen LogP contribution in [0.3, 0.4) is 0 Å². The van der Waals surface area contributed by atoms with E-state index in [1.54, 1.807) is 13.3 Å². The molecule has 1 atom stereocenters. The van der Waals surface area contributed by atoms with E-state index in [0.29, 0.717) is 6.04 Å². The molecule has 1 aliphatic heterocycles. The van der Waals surface area contributed by atoms with Crippen LogP contribution in [0.1, 0.15) is 24.1 Å². The molecular weight excluding hydrogens is 314 g/mol. The molecule has 6 heteroatoms. The minimum atomic E-state index is 0.407. The maximum atomic E-state index is 5.32. The van der Waals surface area contributed by atoms with E-state index in [1.165, 1.54) is 11.3 Å². The average Bonchev–Trinajstić information content (AvgIpc) is 3.15. The number of pyridine rings is 1. The van der Waals surface area contributed by atoms with Crippen molar-refractivity contribution in [1.29, 1.82) is 0 Å². The highest BCUT2D eigenvalue weighted by atomic mass is 16.5. The van der Waals surface area contributed by atoms with E-state index in [0.717, 1.165) is 69.3 Å². The molecule has 1 fully saturated rings. The standard InChI is InChI=1S/C19H25N5O/c1-25-12-8-14-13-20-10-11-24(14)19-15-5-4-7-16(15)22-18(23-19)17-6-2-3-9-21-17/h2-3,6,9,14,20H,4-5,7-8,10-13H2,1H3. The average molecular weight is 339 g/mol. The van der Waals surface area contributed by atoms with Gasteiger partial charge in [-0.05, 0) is 37.8 Å². The van der Waals surface area contributed by atoms with Crippen LogP contribution in [0, 0.1) is 0 Å². The van der Waals surface area contributed by atoms with E-state index in [1.807, 2.05) is 18.2 Å². The van der Waals surface area contributed by atoms with Crippen LogP contribution in [0.4, 0.5) is 5.82 Å². The summed E-state index contributed by atoms with van der Waals surface area (Å²) in [6.45, 7) is 3.70. The molecule has 0 saturated carbocycles. The van der Waals surface area contributed by atoms with Crippen LogP contribution in [-0.2, 0) is 17.6 Å². The van der Waals surface area contributed by atoms with Crippen molar-refractivity contribution in [1.82, 2.24) is 20.3 Å². The zero-order valence-corrected chi connectivity index (χ0v) is 14.7. The predicted octanol–water partition coefficient (Wildman–Crippen LogP) is 1.84. The zero-order valence-electron chi connectivity index (χ0n) is 14.7. The molecule has 132 valence electrons. The summed E-state index contributed by atoms with van der Waals surface area (Å²) in [7, 11) is 1.77. The third kappa shape index (κ3) is 3.37. The zero-order chi connectivity index (χ0) is 17.1. The Balaban J connectivity index is 1.73. The fraction of sp³-hybridized carbons (Fsp3) is 0.526. The molecule has 0 bridgehead atoms. The van der Waals surface area contributed by atoms with E-state index < -0.39 is 0 Å². The van der Waals surface area contributed by atoms with Crippen molar-refractivity contribution >= 4 is 5.82 Å². The summed E-state index contributed by atoms with van der Waals surface area (Å²) in [5.41, 5.74) is 3.39. The number of ether oxygens (including phenoxy) is 1. The van der Waals surface area contributed by atoms with Crippen molar-refractivity contribution < 1.29 is 4.74 Å². The van der Waals surface area contributed by atoms with Gasteiger partial charge < -0.3 is 15.0 Å². The van der Waals surface area contributed by atoms with Crippen LogP contribution >= 0.6 is 0 Å². The predicted molar refractivity (Wildman–Crippen MR) is 97.8 cm³/mol. The van der Waals surface area contributed by atoms with Gasteiger partial charge in [-0.1, -0.05) is 6.07 Å². The lowest BCUT2D eigenvalue weighted by atomic mass is 10.1. The number of nitrogens with zero attached hydrogens (tertiary/aromatic N) is 4. The van der Waals surface area contributed by atoms with Gasteiger partial charge in [-0.15, -0.1) is 0 Å². The molecule has 2 aromatic heterocycles. The number of hydrogen-bond donors (Lipinski definition) is 1. The molecule has 2 aliphatic rings. The largest absolute Gasteiger partial charge is 0.385 e. The van der Waals surface area contributed by atoms with E-state index in [4.69, 9.17) is 14.7 Å². The Morgan fingerprint density at radius 3 is 3.08 bits per heavy atom. The van der Waals surface area contributed by atoms with Crippen molar-refractivity contribution in [2.45, 2.75) is 31.7 Å². The Morgan fingerprint density at radius 1 is 1.28 bits per heavy atom. The van der Waals surface area contributed by atoms with Crippen molar-refractivity contribution in [2.75, 3.05) is 38.3 Å². The number of piperazine rings is 1. The van der Waals surface area contributed by atoms with Gasteiger partial charge in [-0.2, -0.15) is 0 Å². The summed E-state index contributed by atoms with van der Waals surface area (Å²) >= 11 is 0. The van der Waals surface area contributed by atoms with Gasteiger partial charge in [0, 0.05) is 56.8 Å². The van der Waals surface area contributed by atoms with Crippen LogP contribution in [0.5, 0.6) is 0 Å². The molecule has 0 amide bonds. The molecule has 3 heterocycles. The fourth-order valence-electron chi connectivity index (χ4n) is 3.81. The molecule has 1 unspecified atom stereocenters. The lowest BCUT2D eigenvalue weighted by molar-refractivity contribution is 0.184. The summed E-state index contributed by atoms with van der Waals surface area (Å²) in [5.74, 6) is 1.87. The van der Waals surface area contributed by atoms with Gasteiger partial charge in [-0.25, -0.2) is 9.97 Å². The molecule has 1 N–H and O–H groups in total. The molecule has 4 rings (SSSR count). The number of anilines is 1. The maximum absolute atomic E-state index is 5.32. The van der Waals surface area contributed by atoms with Crippen molar-refractivity contribution in [3.05, 3.63) is 35.7 Å². The first kappa shape index (κ1) is 16.4. The Morgan fingerprint density at radius 2 is 2.24 bits per heavy atom. The molecule has 1 aliphatic carbocycles. The molecule has 0 aromatic carbocycles. The first-order valence-corrected chi connectivity index (χ1v) is 9.14. The van der Waals surface area contributed by atoms with Crippen molar-refractivity contribution in [3.63, 3.8) is 0 Å². The molecule has 0 radical (unpaired) electrons. The minimum Gasteiger partial charge on any atom is -0.385 e. The second-order valence-electron chi connectivity index (χ2n) is 6.70. The second-order valence-corrected chi connectivity index (χ2v) is 6.70. The molecule has 1 saturated heterocycles. The van der Waals surface area contributed by atoms with Gasteiger partial charge in [0.05, 0.1) is 0 Å². The smallest absolute Gasteiger partial charge is 0.180 e. The molecule has 2 aromatic rings. The van der Waals surface area contributed by atoms with E-state index in [9.17, 15) is 0 Å². The van der Waals surface area contributed by atoms with E-state index >= 15 is 0 Å². The lowest BCUT2D eigenvalue weighted by Crippen LogP contribution is -2.52. The normalized spacial score (nSPS) is 19.9. The van der Waals surface area contributed by atoms with Crippen LogP contribution in [0.2, 0.25) is 0 Å². The van der Waals surface area contributed by atoms with E-state index in [-0.39, 0.29) is 0 Å².